The third-order valence-electron chi connectivity index (χ3n) is 2.04. The minimum atomic E-state index is -0.454. The Morgan fingerprint density at radius 2 is 2.21 bits per heavy atom. The van der Waals surface area contributed by atoms with Crippen LogP contribution < -0.4 is 10.6 Å². The topological polar surface area (TPSA) is 29.4 Å². The summed E-state index contributed by atoms with van der Waals surface area (Å²) in [6.07, 6.45) is 1.92. The largest absolute Gasteiger partial charge is 0.271 e. The van der Waals surface area contributed by atoms with Gasteiger partial charge in [0.05, 0.1) is 0 Å². The molecule has 4 heteroatoms. The Labute approximate surface area is 84.7 Å². The number of carbonyl (C=O) groups excluding carboxylic acids is 1. The Kier molecular flexibility index (Phi) is 2.33. The van der Waals surface area contributed by atoms with Gasteiger partial charge in [0.1, 0.15) is 11.2 Å². The predicted octanol–water partition coefficient (Wildman–Crippen LogP) is 0.547. The van der Waals surface area contributed by atoms with Crippen molar-refractivity contribution in [3.05, 3.63) is 34.1 Å². The lowest BCUT2D eigenvalue weighted by atomic mass is 10.1. The van der Waals surface area contributed by atoms with Gasteiger partial charge in [0, 0.05) is 17.2 Å². The number of carbonyl (C=O) groups is 1. The van der Waals surface area contributed by atoms with E-state index < -0.39 is 11.7 Å². The highest BCUT2D eigenvalue weighted by Gasteiger charge is 2.08. The zero-order valence-corrected chi connectivity index (χ0v) is 8.01. The van der Waals surface area contributed by atoms with Crippen LogP contribution in [0.1, 0.15) is 5.56 Å². The second kappa shape index (κ2) is 3.50. The van der Waals surface area contributed by atoms with Crippen molar-refractivity contribution in [2.24, 2.45) is 4.99 Å². The van der Waals surface area contributed by atoms with Crippen LogP contribution in [0.5, 0.6) is 0 Å². The van der Waals surface area contributed by atoms with Crippen molar-refractivity contribution in [2.75, 3.05) is 5.88 Å². The summed E-state index contributed by atoms with van der Waals surface area (Å²) >= 11 is 5.54. The average molecular weight is 212 g/mol. The summed E-state index contributed by atoms with van der Waals surface area (Å²) in [5.74, 6) is -0.421. The van der Waals surface area contributed by atoms with E-state index in [0.29, 0.717) is 17.5 Å². The molecule has 0 aliphatic carbocycles. The fourth-order valence-electron chi connectivity index (χ4n) is 1.44. The molecule has 72 valence electrons. The predicted molar refractivity (Wildman–Crippen MR) is 51.1 cm³/mol. The highest BCUT2D eigenvalue weighted by atomic mass is 35.5. The van der Waals surface area contributed by atoms with Crippen LogP contribution in [0.15, 0.2) is 17.1 Å². The van der Waals surface area contributed by atoms with Gasteiger partial charge in [0.25, 0.3) is 5.91 Å². The van der Waals surface area contributed by atoms with Crippen LogP contribution in [-0.2, 0) is 11.2 Å². The number of benzene rings is 1. The minimum absolute atomic E-state index is 0.147. The van der Waals surface area contributed by atoms with Crippen LogP contribution in [0, 0.1) is 5.82 Å². The summed E-state index contributed by atoms with van der Waals surface area (Å²) in [5, 5.41) is 0.698. The van der Waals surface area contributed by atoms with E-state index in [1.54, 1.807) is 6.07 Å². The first-order valence-corrected chi connectivity index (χ1v) is 4.73. The van der Waals surface area contributed by atoms with Crippen LogP contribution in [-0.4, -0.2) is 11.8 Å². The van der Waals surface area contributed by atoms with E-state index in [1.165, 1.54) is 12.1 Å². The van der Waals surface area contributed by atoms with E-state index >= 15 is 0 Å². The second-order valence-corrected chi connectivity index (χ2v) is 3.43. The van der Waals surface area contributed by atoms with E-state index in [1.807, 2.05) is 0 Å². The Balaban J connectivity index is 2.64. The zero-order valence-electron chi connectivity index (χ0n) is 7.26. The van der Waals surface area contributed by atoms with Gasteiger partial charge in [0.15, 0.2) is 0 Å². The molecule has 0 aromatic heterocycles. The van der Waals surface area contributed by atoms with Crippen molar-refractivity contribution in [2.45, 2.75) is 6.42 Å². The average Bonchev–Trinajstić information content (AvgIpc) is 2.47. The third-order valence-corrected chi connectivity index (χ3v) is 2.23. The van der Waals surface area contributed by atoms with Crippen LogP contribution in [0.2, 0.25) is 0 Å². The Hall–Kier alpha value is -1.22. The Morgan fingerprint density at radius 1 is 1.43 bits per heavy atom. The molecule has 1 aromatic carbocycles. The summed E-state index contributed by atoms with van der Waals surface area (Å²) < 4.78 is 13.3. The van der Waals surface area contributed by atoms with Gasteiger partial charge in [-0.1, -0.05) is 0 Å². The molecule has 1 aliphatic heterocycles. The number of amides is 1. The quantitative estimate of drug-likeness (QED) is 0.657. The molecular weight excluding hydrogens is 205 g/mol. The second-order valence-electron chi connectivity index (χ2n) is 3.05. The van der Waals surface area contributed by atoms with Gasteiger partial charge in [-0.3, -0.25) is 4.79 Å². The summed E-state index contributed by atoms with van der Waals surface area (Å²) in [5.41, 5.74) is 0.789. The van der Waals surface area contributed by atoms with Crippen LogP contribution in [0.3, 0.4) is 0 Å². The normalized spacial score (nSPS) is 13.4. The molecule has 0 radical (unpaired) electrons. The van der Waals surface area contributed by atoms with Crippen LogP contribution in [0.4, 0.5) is 4.39 Å². The molecule has 0 fully saturated rings. The molecular formula is C10H7ClFNO. The van der Waals surface area contributed by atoms with Gasteiger partial charge < -0.3 is 0 Å². The van der Waals surface area contributed by atoms with Crippen molar-refractivity contribution < 1.29 is 9.18 Å². The molecule has 2 rings (SSSR count). The highest BCUT2D eigenvalue weighted by Crippen LogP contribution is 2.00. The maximum absolute atomic E-state index is 13.3. The lowest BCUT2D eigenvalue weighted by Gasteiger charge is -1.97. The molecule has 0 spiro atoms. The van der Waals surface area contributed by atoms with Gasteiger partial charge >= 0.3 is 0 Å². The molecule has 0 N–H and O–H groups in total. The number of halogens is 2. The fourth-order valence-corrected chi connectivity index (χ4v) is 1.65. The summed E-state index contributed by atoms with van der Waals surface area (Å²) in [6, 6.07) is 3.12. The smallest absolute Gasteiger partial charge is 0.267 e. The molecule has 0 atom stereocenters. The zero-order chi connectivity index (χ0) is 10.1. The van der Waals surface area contributed by atoms with Crippen molar-refractivity contribution in [1.29, 1.82) is 0 Å². The molecule has 1 heterocycles. The molecule has 0 saturated carbocycles. The molecule has 1 aromatic rings. The van der Waals surface area contributed by atoms with E-state index in [0.717, 1.165) is 5.56 Å². The summed E-state index contributed by atoms with van der Waals surface area (Å²) in [7, 11) is 0. The molecule has 0 bridgehead atoms. The van der Waals surface area contributed by atoms with Gasteiger partial charge in [0.2, 0.25) is 0 Å². The highest BCUT2D eigenvalue weighted by molar-refractivity contribution is 6.18. The maximum atomic E-state index is 13.3. The SMILES string of the molecule is O=C1C=c2cc(CCCl)cc(F)c2=N1. The first-order chi connectivity index (χ1) is 6.70. The number of hydrogen-bond donors (Lipinski definition) is 0. The van der Waals surface area contributed by atoms with Crippen molar-refractivity contribution in [3.63, 3.8) is 0 Å². The lowest BCUT2D eigenvalue weighted by molar-refractivity contribution is -0.112. The monoisotopic (exact) mass is 211 g/mol. The number of aryl methyl sites for hydroxylation is 1. The van der Waals surface area contributed by atoms with Gasteiger partial charge in [-0.25, -0.2) is 9.38 Å². The van der Waals surface area contributed by atoms with Crippen LogP contribution >= 0.6 is 11.6 Å². The molecule has 2 nitrogen and oxygen atoms in total. The van der Waals surface area contributed by atoms with Crippen molar-refractivity contribution in [3.8, 4) is 0 Å². The standard InChI is InChI=1S/C10H7ClFNO/c11-2-1-6-3-7-5-9(14)13-10(7)8(12)4-6/h3-5H,1-2H2. The van der Waals surface area contributed by atoms with E-state index in [9.17, 15) is 9.18 Å². The minimum Gasteiger partial charge on any atom is -0.267 e. The number of fused-ring (bicyclic) bond motifs is 1. The van der Waals surface area contributed by atoms with Gasteiger partial charge in [-0.2, -0.15) is 0 Å². The third kappa shape index (κ3) is 1.55. The lowest BCUT2D eigenvalue weighted by Crippen LogP contribution is -2.26. The number of hydrogen-bond acceptors (Lipinski definition) is 1. The number of rotatable bonds is 2. The summed E-state index contributed by atoms with van der Waals surface area (Å²) in [6.45, 7) is 0. The molecule has 1 amide bonds. The van der Waals surface area contributed by atoms with Crippen LogP contribution in [0.25, 0.3) is 6.08 Å². The molecule has 0 saturated heterocycles. The van der Waals surface area contributed by atoms with Gasteiger partial charge in [-0.15, -0.1) is 11.6 Å². The van der Waals surface area contributed by atoms with E-state index in [2.05, 4.69) is 4.99 Å². The van der Waals surface area contributed by atoms with Gasteiger partial charge in [-0.05, 0) is 24.1 Å². The van der Waals surface area contributed by atoms with E-state index in [-0.39, 0.29) is 5.36 Å². The molecule has 14 heavy (non-hydrogen) atoms. The summed E-state index contributed by atoms with van der Waals surface area (Å²) in [4.78, 5) is 14.5. The molecule has 1 aliphatic rings. The first kappa shape index (κ1) is 9.34. The van der Waals surface area contributed by atoms with E-state index in [4.69, 9.17) is 11.6 Å². The maximum Gasteiger partial charge on any atom is 0.271 e. The van der Waals surface area contributed by atoms with Crippen molar-refractivity contribution >= 4 is 23.6 Å². The van der Waals surface area contributed by atoms with Crippen molar-refractivity contribution in [1.82, 2.24) is 0 Å². The number of alkyl halides is 1. The molecule has 0 unspecified atom stereocenters. The number of nitrogens with zero attached hydrogens (tertiary/aromatic N) is 1. The Bertz CT molecular complexity index is 510. The Morgan fingerprint density at radius 3 is 2.93 bits per heavy atom. The first-order valence-electron chi connectivity index (χ1n) is 4.19. The fraction of sp³-hybridized carbons (Fsp3) is 0.200.